The second kappa shape index (κ2) is 6.77. The fourth-order valence-corrected chi connectivity index (χ4v) is 2.24. The van der Waals surface area contributed by atoms with Crippen LogP contribution in [0.25, 0.3) is 0 Å². The molecule has 7 heteroatoms. The smallest absolute Gasteiger partial charge is 0.411 e. The quantitative estimate of drug-likeness (QED) is 0.689. The van der Waals surface area contributed by atoms with Gasteiger partial charge in [-0.2, -0.15) is 13.2 Å². The SMILES string of the molecule is COc1ccc(Br)cc1C(Br)COCC(F)(F)F. The number of rotatable bonds is 5. The Labute approximate surface area is 120 Å². The van der Waals surface area contributed by atoms with Gasteiger partial charge < -0.3 is 9.47 Å². The van der Waals surface area contributed by atoms with E-state index < -0.39 is 12.8 Å². The molecule has 0 aliphatic heterocycles. The van der Waals surface area contributed by atoms with Crippen molar-refractivity contribution in [3.63, 3.8) is 0 Å². The molecule has 0 aliphatic carbocycles. The third kappa shape index (κ3) is 5.16. The molecule has 0 aromatic heterocycles. The molecule has 102 valence electrons. The van der Waals surface area contributed by atoms with Crippen molar-refractivity contribution in [2.75, 3.05) is 20.3 Å². The first kappa shape index (κ1) is 15.8. The van der Waals surface area contributed by atoms with Gasteiger partial charge in [0.15, 0.2) is 0 Å². The molecule has 2 nitrogen and oxygen atoms in total. The standard InChI is InChI=1S/C11H11Br2F3O2/c1-17-10-3-2-7(12)4-8(10)9(13)5-18-6-11(14,15)16/h2-4,9H,5-6H2,1H3. The van der Waals surface area contributed by atoms with Crippen LogP contribution in [0, 0.1) is 0 Å². The first-order valence-corrected chi connectivity index (χ1v) is 6.66. The van der Waals surface area contributed by atoms with Crippen molar-refractivity contribution in [1.29, 1.82) is 0 Å². The first-order valence-electron chi connectivity index (χ1n) is 4.95. The normalized spacial score (nSPS) is 13.4. The van der Waals surface area contributed by atoms with Crippen molar-refractivity contribution in [3.8, 4) is 5.75 Å². The number of alkyl halides is 4. The highest BCUT2D eigenvalue weighted by Gasteiger charge is 2.28. The van der Waals surface area contributed by atoms with Gasteiger partial charge in [-0.3, -0.25) is 0 Å². The summed E-state index contributed by atoms with van der Waals surface area (Å²) in [4.78, 5) is -0.368. The number of ether oxygens (including phenoxy) is 2. The van der Waals surface area contributed by atoms with Gasteiger partial charge in [0.2, 0.25) is 0 Å². The van der Waals surface area contributed by atoms with Crippen molar-refractivity contribution < 1.29 is 22.6 Å². The fraction of sp³-hybridized carbons (Fsp3) is 0.455. The van der Waals surface area contributed by atoms with E-state index >= 15 is 0 Å². The van der Waals surface area contributed by atoms with Gasteiger partial charge in [0, 0.05) is 10.0 Å². The van der Waals surface area contributed by atoms with Crippen LogP contribution in [0.3, 0.4) is 0 Å². The summed E-state index contributed by atoms with van der Waals surface area (Å²) in [6.45, 7) is -1.35. The molecule has 18 heavy (non-hydrogen) atoms. The summed E-state index contributed by atoms with van der Waals surface area (Å²) in [5.74, 6) is 0.593. The minimum Gasteiger partial charge on any atom is -0.496 e. The molecule has 0 saturated carbocycles. The van der Waals surface area contributed by atoms with E-state index in [1.165, 1.54) is 7.11 Å². The van der Waals surface area contributed by atoms with Crippen LogP contribution in [0.5, 0.6) is 5.75 Å². The monoisotopic (exact) mass is 390 g/mol. The van der Waals surface area contributed by atoms with Crippen molar-refractivity contribution in [2.45, 2.75) is 11.0 Å². The number of benzene rings is 1. The van der Waals surface area contributed by atoms with Gasteiger partial charge in [0.1, 0.15) is 12.4 Å². The van der Waals surface area contributed by atoms with Gasteiger partial charge >= 0.3 is 6.18 Å². The van der Waals surface area contributed by atoms with Crippen LogP contribution in [-0.4, -0.2) is 26.5 Å². The molecule has 1 unspecified atom stereocenters. The van der Waals surface area contributed by atoms with Crippen molar-refractivity contribution >= 4 is 31.9 Å². The Hall–Kier alpha value is -0.270. The van der Waals surface area contributed by atoms with Crippen molar-refractivity contribution in [3.05, 3.63) is 28.2 Å². The highest BCUT2D eigenvalue weighted by atomic mass is 79.9. The maximum Gasteiger partial charge on any atom is 0.411 e. The van der Waals surface area contributed by atoms with Gasteiger partial charge in [0.05, 0.1) is 18.5 Å². The molecule has 0 N–H and O–H groups in total. The molecular formula is C11H11Br2F3O2. The van der Waals surface area contributed by atoms with E-state index in [1.54, 1.807) is 18.2 Å². The van der Waals surface area contributed by atoms with E-state index in [9.17, 15) is 13.2 Å². The second-order valence-corrected chi connectivity index (χ2v) is 5.51. The summed E-state index contributed by atoms with van der Waals surface area (Å²) in [6, 6.07) is 5.30. The summed E-state index contributed by atoms with van der Waals surface area (Å²) in [7, 11) is 1.50. The van der Waals surface area contributed by atoms with E-state index in [0.717, 1.165) is 10.0 Å². The summed E-state index contributed by atoms with van der Waals surface area (Å²) >= 11 is 6.58. The maximum atomic E-state index is 11.9. The first-order chi connectivity index (χ1) is 8.33. The van der Waals surface area contributed by atoms with Crippen molar-refractivity contribution in [1.82, 2.24) is 0 Å². The molecule has 0 fully saturated rings. The highest BCUT2D eigenvalue weighted by molar-refractivity contribution is 9.10. The maximum absolute atomic E-state index is 11.9. The fourth-order valence-electron chi connectivity index (χ4n) is 1.32. The van der Waals surface area contributed by atoms with Crippen LogP contribution in [0.4, 0.5) is 13.2 Å². The minimum atomic E-state index is -4.31. The largest absolute Gasteiger partial charge is 0.496 e. The molecule has 1 aromatic carbocycles. The Bertz CT molecular complexity index is 396. The summed E-state index contributed by atoms with van der Waals surface area (Å²) in [5.41, 5.74) is 0.731. The molecule has 0 heterocycles. The molecule has 0 amide bonds. The van der Waals surface area contributed by atoms with E-state index in [4.69, 9.17) is 4.74 Å². The van der Waals surface area contributed by atoms with Gasteiger partial charge in [-0.1, -0.05) is 31.9 Å². The number of hydrogen-bond donors (Lipinski definition) is 0. The summed E-state index contributed by atoms with van der Waals surface area (Å²) in [6.07, 6.45) is -4.31. The molecule has 1 rings (SSSR count). The predicted octanol–water partition coefficient (Wildman–Crippen LogP) is 4.47. The lowest BCUT2D eigenvalue weighted by Gasteiger charge is -2.15. The lowest BCUT2D eigenvalue weighted by atomic mass is 10.1. The molecule has 0 aliphatic rings. The van der Waals surface area contributed by atoms with Crippen LogP contribution in [0.15, 0.2) is 22.7 Å². The summed E-state index contributed by atoms with van der Waals surface area (Å²) < 4.78 is 46.4. The van der Waals surface area contributed by atoms with Crippen molar-refractivity contribution in [2.24, 2.45) is 0 Å². The molecule has 0 radical (unpaired) electrons. The van der Waals surface area contributed by atoms with Crippen LogP contribution < -0.4 is 4.74 Å². The van der Waals surface area contributed by atoms with Crippen LogP contribution in [0.1, 0.15) is 10.4 Å². The predicted molar refractivity (Wildman–Crippen MR) is 69.2 cm³/mol. The highest BCUT2D eigenvalue weighted by Crippen LogP contribution is 2.33. The number of hydrogen-bond acceptors (Lipinski definition) is 2. The lowest BCUT2D eigenvalue weighted by molar-refractivity contribution is -0.173. The third-order valence-electron chi connectivity index (χ3n) is 2.06. The Morgan fingerprint density at radius 2 is 2.00 bits per heavy atom. The zero-order chi connectivity index (χ0) is 13.8. The average molecular weight is 392 g/mol. The topological polar surface area (TPSA) is 18.5 Å². The van der Waals surface area contributed by atoms with Crippen LogP contribution in [0.2, 0.25) is 0 Å². The van der Waals surface area contributed by atoms with Crippen LogP contribution >= 0.6 is 31.9 Å². The average Bonchev–Trinajstić information content (AvgIpc) is 2.27. The molecule has 1 aromatic rings. The summed E-state index contributed by atoms with van der Waals surface area (Å²) in [5, 5.41) is 0. The molecule has 1 atom stereocenters. The van der Waals surface area contributed by atoms with E-state index in [1.807, 2.05) is 0 Å². The van der Waals surface area contributed by atoms with E-state index in [2.05, 4.69) is 36.6 Å². The number of methoxy groups -OCH3 is 1. The van der Waals surface area contributed by atoms with Gasteiger partial charge in [-0.05, 0) is 18.2 Å². The van der Waals surface area contributed by atoms with E-state index in [0.29, 0.717) is 5.75 Å². The molecular weight excluding hydrogens is 381 g/mol. The molecule has 0 saturated heterocycles. The Balaban J connectivity index is 2.66. The van der Waals surface area contributed by atoms with Gasteiger partial charge in [0.25, 0.3) is 0 Å². The third-order valence-corrected chi connectivity index (χ3v) is 3.31. The zero-order valence-electron chi connectivity index (χ0n) is 9.43. The minimum absolute atomic E-state index is 0.0909. The lowest BCUT2D eigenvalue weighted by Crippen LogP contribution is -2.18. The Kier molecular flexibility index (Phi) is 5.94. The zero-order valence-corrected chi connectivity index (χ0v) is 12.6. The Morgan fingerprint density at radius 3 is 2.56 bits per heavy atom. The van der Waals surface area contributed by atoms with E-state index in [-0.39, 0.29) is 11.4 Å². The number of halogens is 5. The van der Waals surface area contributed by atoms with Gasteiger partial charge in [-0.25, -0.2) is 0 Å². The molecule has 0 spiro atoms. The van der Waals surface area contributed by atoms with Gasteiger partial charge in [-0.15, -0.1) is 0 Å². The molecule has 0 bridgehead atoms. The second-order valence-electron chi connectivity index (χ2n) is 3.48. The Morgan fingerprint density at radius 1 is 1.33 bits per heavy atom. The van der Waals surface area contributed by atoms with Crippen LogP contribution in [-0.2, 0) is 4.74 Å².